The van der Waals surface area contributed by atoms with E-state index in [9.17, 15) is 30.4 Å². The van der Waals surface area contributed by atoms with Gasteiger partial charge < -0.3 is 4.74 Å². The SMILES string of the molecule is O=S(=O)(Cl)c1nc(C(F)F)c(CBr)cc1OC(F)(F)F. The first-order chi connectivity index (χ1) is 8.95. The van der Waals surface area contributed by atoms with Gasteiger partial charge in [0, 0.05) is 16.0 Å². The number of nitrogens with zero attached hydrogens (tertiary/aromatic N) is 1. The van der Waals surface area contributed by atoms with E-state index in [0.29, 0.717) is 6.07 Å². The molecule has 0 unspecified atom stereocenters. The molecule has 0 atom stereocenters. The summed E-state index contributed by atoms with van der Waals surface area (Å²) in [5, 5.41) is -1.70. The molecule has 0 saturated heterocycles. The van der Waals surface area contributed by atoms with Gasteiger partial charge in [0.15, 0.2) is 5.75 Å². The molecule has 0 N–H and O–H groups in total. The monoisotopic (exact) mass is 403 g/mol. The molecule has 0 aliphatic heterocycles. The Labute approximate surface area is 122 Å². The fraction of sp³-hybridized carbons (Fsp3) is 0.375. The molecule has 1 aromatic rings. The molecule has 0 aliphatic carbocycles. The van der Waals surface area contributed by atoms with Crippen molar-refractivity contribution >= 4 is 35.7 Å². The normalized spacial score (nSPS) is 12.8. The Kier molecular flexibility index (Phi) is 5.19. The van der Waals surface area contributed by atoms with Crippen LogP contribution in [-0.2, 0) is 14.4 Å². The van der Waals surface area contributed by atoms with Gasteiger partial charge in [-0.1, -0.05) is 15.9 Å². The lowest BCUT2D eigenvalue weighted by Gasteiger charge is -2.14. The third-order valence-electron chi connectivity index (χ3n) is 1.87. The van der Waals surface area contributed by atoms with Crippen molar-refractivity contribution in [1.29, 1.82) is 0 Å². The van der Waals surface area contributed by atoms with Gasteiger partial charge in [0.25, 0.3) is 15.5 Å². The van der Waals surface area contributed by atoms with Crippen molar-refractivity contribution in [2.45, 2.75) is 23.1 Å². The second kappa shape index (κ2) is 5.98. The van der Waals surface area contributed by atoms with Gasteiger partial charge in [-0.15, -0.1) is 13.2 Å². The van der Waals surface area contributed by atoms with Crippen molar-refractivity contribution in [2.75, 3.05) is 0 Å². The molecule has 1 rings (SSSR count). The average Bonchev–Trinajstić information content (AvgIpc) is 2.24. The third-order valence-corrected chi connectivity index (χ3v) is 3.67. The first kappa shape index (κ1) is 17.4. The topological polar surface area (TPSA) is 56.3 Å². The lowest BCUT2D eigenvalue weighted by atomic mass is 10.2. The van der Waals surface area contributed by atoms with Gasteiger partial charge in [-0.05, 0) is 11.6 Å². The summed E-state index contributed by atoms with van der Waals surface area (Å²) in [7, 11) is 0.0711. The van der Waals surface area contributed by atoms with Crippen LogP contribution >= 0.6 is 26.6 Å². The van der Waals surface area contributed by atoms with Crippen LogP contribution in [0.15, 0.2) is 11.1 Å². The van der Waals surface area contributed by atoms with Crippen LogP contribution < -0.4 is 4.74 Å². The van der Waals surface area contributed by atoms with Gasteiger partial charge in [0.2, 0.25) is 5.03 Å². The first-order valence-electron chi connectivity index (χ1n) is 4.54. The Balaban J connectivity index is 3.56. The van der Waals surface area contributed by atoms with E-state index in [2.05, 4.69) is 25.7 Å². The molecule has 0 bridgehead atoms. The average molecular weight is 405 g/mol. The van der Waals surface area contributed by atoms with Crippen molar-refractivity contribution in [1.82, 2.24) is 4.98 Å². The highest BCUT2D eigenvalue weighted by molar-refractivity contribution is 9.08. The molecular formula is C8H4BrClF5NO3S. The minimum atomic E-state index is -5.23. The van der Waals surface area contributed by atoms with Gasteiger partial charge in [0.1, 0.15) is 5.69 Å². The van der Waals surface area contributed by atoms with E-state index in [4.69, 9.17) is 10.7 Å². The van der Waals surface area contributed by atoms with Crippen LogP contribution in [0, 0.1) is 0 Å². The molecule has 1 aromatic heterocycles. The summed E-state index contributed by atoms with van der Waals surface area (Å²) in [4.78, 5) is 2.97. The van der Waals surface area contributed by atoms with Crippen LogP contribution in [0.5, 0.6) is 5.75 Å². The maximum Gasteiger partial charge on any atom is 0.573 e. The molecule has 0 amide bonds. The molecule has 20 heavy (non-hydrogen) atoms. The maximum absolute atomic E-state index is 12.7. The highest BCUT2D eigenvalue weighted by atomic mass is 79.9. The predicted octanol–water partition coefficient (Wildman–Crippen LogP) is 3.74. The summed E-state index contributed by atoms with van der Waals surface area (Å²) in [5.41, 5.74) is -1.36. The van der Waals surface area contributed by atoms with Gasteiger partial charge in [0.05, 0.1) is 0 Å². The van der Waals surface area contributed by atoms with Gasteiger partial charge >= 0.3 is 6.36 Å². The number of pyridine rings is 1. The van der Waals surface area contributed by atoms with Gasteiger partial charge in [-0.2, -0.15) is 0 Å². The molecule has 114 valence electrons. The van der Waals surface area contributed by atoms with Crippen LogP contribution in [-0.4, -0.2) is 19.8 Å². The zero-order valence-electron chi connectivity index (χ0n) is 9.09. The van der Waals surface area contributed by atoms with Gasteiger partial charge in [-0.3, -0.25) is 0 Å². The van der Waals surface area contributed by atoms with Crippen molar-refractivity contribution in [3.05, 3.63) is 17.3 Å². The van der Waals surface area contributed by atoms with Crippen LogP contribution in [0.1, 0.15) is 17.7 Å². The fourth-order valence-electron chi connectivity index (χ4n) is 1.20. The van der Waals surface area contributed by atoms with Crippen molar-refractivity contribution < 1.29 is 35.1 Å². The van der Waals surface area contributed by atoms with E-state index in [1.807, 2.05) is 0 Å². The number of rotatable bonds is 4. The Morgan fingerprint density at radius 3 is 2.30 bits per heavy atom. The third kappa shape index (κ3) is 4.42. The van der Waals surface area contributed by atoms with Crippen LogP contribution in [0.25, 0.3) is 0 Å². The van der Waals surface area contributed by atoms with Crippen LogP contribution in [0.4, 0.5) is 22.0 Å². The zero-order valence-corrected chi connectivity index (χ0v) is 12.2. The Morgan fingerprint density at radius 1 is 1.40 bits per heavy atom. The van der Waals surface area contributed by atoms with E-state index in [-0.39, 0.29) is 10.9 Å². The molecule has 0 aromatic carbocycles. The number of aromatic nitrogens is 1. The summed E-state index contributed by atoms with van der Waals surface area (Å²) >= 11 is 2.77. The lowest BCUT2D eigenvalue weighted by molar-refractivity contribution is -0.275. The van der Waals surface area contributed by atoms with Crippen molar-refractivity contribution in [3.8, 4) is 5.75 Å². The highest BCUT2D eigenvalue weighted by Crippen LogP contribution is 2.35. The molecule has 0 spiro atoms. The fourth-order valence-corrected chi connectivity index (χ4v) is 2.53. The minimum Gasteiger partial charge on any atom is -0.403 e. The summed E-state index contributed by atoms with van der Waals surface area (Å²) < 4.78 is 87.5. The first-order valence-corrected chi connectivity index (χ1v) is 7.97. The van der Waals surface area contributed by atoms with Crippen molar-refractivity contribution in [3.63, 3.8) is 0 Å². The molecule has 0 fully saturated rings. The smallest absolute Gasteiger partial charge is 0.403 e. The second-order valence-electron chi connectivity index (χ2n) is 3.26. The number of alkyl halides is 6. The van der Waals surface area contributed by atoms with E-state index in [0.717, 1.165) is 0 Å². The number of halogens is 7. The predicted molar refractivity (Wildman–Crippen MR) is 61.5 cm³/mol. The maximum atomic E-state index is 12.7. The molecule has 12 heteroatoms. The Morgan fingerprint density at radius 2 is 1.95 bits per heavy atom. The summed E-state index contributed by atoms with van der Waals surface area (Å²) in [6.07, 6.45) is -8.42. The minimum absolute atomic E-state index is 0.281. The molecule has 1 heterocycles. The molecular weight excluding hydrogens is 401 g/mol. The zero-order chi connectivity index (χ0) is 15.7. The number of ether oxygens (including phenoxy) is 1. The molecule has 0 radical (unpaired) electrons. The largest absolute Gasteiger partial charge is 0.573 e. The van der Waals surface area contributed by atoms with Crippen LogP contribution in [0.3, 0.4) is 0 Å². The number of hydrogen-bond donors (Lipinski definition) is 0. The second-order valence-corrected chi connectivity index (χ2v) is 6.30. The Bertz CT molecular complexity index is 607. The summed E-state index contributed by atoms with van der Waals surface area (Å²) in [6.45, 7) is 0. The molecule has 0 saturated carbocycles. The Hall–Kier alpha value is -0.680. The summed E-state index contributed by atoms with van der Waals surface area (Å²) in [5.74, 6) is -1.27. The van der Waals surface area contributed by atoms with Crippen molar-refractivity contribution in [2.24, 2.45) is 0 Å². The number of hydrogen-bond acceptors (Lipinski definition) is 4. The van der Waals surface area contributed by atoms with E-state index < -0.39 is 38.3 Å². The van der Waals surface area contributed by atoms with E-state index in [1.165, 1.54) is 0 Å². The van der Waals surface area contributed by atoms with E-state index in [1.54, 1.807) is 0 Å². The molecule has 4 nitrogen and oxygen atoms in total. The quantitative estimate of drug-likeness (QED) is 0.436. The lowest BCUT2D eigenvalue weighted by Crippen LogP contribution is -2.19. The highest BCUT2D eigenvalue weighted by Gasteiger charge is 2.35. The summed E-state index contributed by atoms with van der Waals surface area (Å²) in [6, 6.07) is 0.492. The van der Waals surface area contributed by atoms with Crippen LogP contribution in [0.2, 0.25) is 0 Å². The standard InChI is InChI=1S/C8H4BrClF5NO3S/c9-2-3-1-4(19-8(13,14)15)7(20(10,17)18)16-5(3)6(11)12/h1,6H,2H2. The van der Waals surface area contributed by atoms with E-state index >= 15 is 0 Å². The van der Waals surface area contributed by atoms with Gasteiger partial charge in [-0.25, -0.2) is 22.2 Å². The molecule has 0 aliphatic rings.